The Morgan fingerprint density at radius 3 is 2.38 bits per heavy atom. The number of carbonyl (C=O) groups excluding carboxylic acids is 1. The molecule has 2 fully saturated rings. The quantitative estimate of drug-likeness (QED) is 0.787. The second-order valence-electron chi connectivity index (χ2n) is 5.55. The van der Waals surface area contributed by atoms with Gasteiger partial charge in [-0.25, -0.2) is 0 Å². The standard InChI is InChI=1S/C13H24N2O/c1-10(2)15(13(16)12-3-4-12)9-11-5-7-14-8-6-11/h10-12,14H,3-9H2,1-2H3. The van der Waals surface area contributed by atoms with Crippen molar-refractivity contribution < 1.29 is 4.79 Å². The van der Waals surface area contributed by atoms with Crippen LogP contribution in [0.1, 0.15) is 39.5 Å². The summed E-state index contributed by atoms with van der Waals surface area (Å²) in [6.45, 7) is 7.50. The van der Waals surface area contributed by atoms with Crippen molar-refractivity contribution in [1.82, 2.24) is 10.2 Å². The average molecular weight is 224 g/mol. The van der Waals surface area contributed by atoms with E-state index in [2.05, 4.69) is 24.1 Å². The minimum atomic E-state index is 0.364. The smallest absolute Gasteiger partial charge is 0.225 e. The zero-order valence-corrected chi connectivity index (χ0v) is 10.5. The molecule has 1 amide bonds. The Hall–Kier alpha value is -0.570. The van der Waals surface area contributed by atoms with Crippen LogP contribution in [-0.2, 0) is 4.79 Å². The molecule has 3 heteroatoms. The van der Waals surface area contributed by atoms with Crippen molar-refractivity contribution in [2.24, 2.45) is 11.8 Å². The molecule has 3 nitrogen and oxygen atoms in total. The van der Waals surface area contributed by atoms with Crippen LogP contribution in [0.5, 0.6) is 0 Å². The molecule has 0 atom stereocenters. The second-order valence-corrected chi connectivity index (χ2v) is 5.55. The van der Waals surface area contributed by atoms with Crippen molar-refractivity contribution in [3.05, 3.63) is 0 Å². The second kappa shape index (κ2) is 5.17. The first kappa shape index (κ1) is 11.9. The third-order valence-corrected chi connectivity index (χ3v) is 3.75. The van der Waals surface area contributed by atoms with Crippen molar-refractivity contribution in [1.29, 1.82) is 0 Å². The number of piperidine rings is 1. The van der Waals surface area contributed by atoms with Gasteiger partial charge in [-0.05, 0) is 58.5 Å². The Morgan fingerprint density at radius 2 is 1.88 bits per heavy atom. The maximum absolute atomic E-state index is 12.1. The van der Waals surface area contributed by atoms with Crippen LogP contribution in [0.4, 0.5) is 0 Å². The molecule has 2 aliphatic rings. The van der Waals surface area contributed by atoms with Crippen molar-refractivity contribution in [3.8, 4) is 0 Å². The van der Waals surface area contributed by atoms with Crippen molar-refractivity contribution in [3.63, 3.8) is 0 Å². The molecule has 0 aromatic carbocycles. The molecule has 92 valence electrons. The Labute approximate surface area is 98.6 Å². The fourth-order valence-corrected chi connectivity index (χ4v) is 2.46. The van der Waals surface area contributed by atoms with Gasteiger partial charge in [-0.2, -0.15) is 0 Å². The van der Waals surface area contributed by atoms with Gasteiger partial charge in [-0.15, -0.1) is 0 Å². The topological polar surface area (TPSA) is 32.3 Å². The minimum Gasteiger partial charge on any atom is -0.340 e. The van der Waals surface area contributed by atoms with Crippen LogP contribution in [0, 0.1) is 11.8 Å². The zero-order valence-electron chi connectivity index (χ0n) is 10.5. The van der Waals surface area contributed by atoms with Crippen LogP contribution in [0.25, 0.3) is 0 Å². The molecule has 0 radical (unpaired) electrons. The van der Waals surface area contributed by atoms with Crippen molar-refractivity contribution >= 4 is 5.91 Å². The summed E-state index contributed by atoms with van der Waals surface area (Å²) in [5, 5.41) is 3.38. The first-order valence-electron chi connectivity index (χ1n) is 6.69. The predicted molar refractivity (Wildman–Crippen MR) is 65.2 cm³/mol. The Bertz CT molecular complexity index is 242. The Balaban J connectivity index is 1.88. The summed E-state index contributed by atoms with van der Waals surface area (Å²) < 4.78 is 0. The van der Waals surface area contributed by atoms with Crippen LogP contribution >= 0.6 is 0 Å². The lowest BCUT2D eigenvalue weighted by Crippen LogP contribution is -2.43. The molecule has 0 bridgehead atoms. The first-order chi connectivity index (χ1) is 7.68. The Kier molecular flexibility index (Phi) is 3.85. The highest BCUT2D eigenvalue weighted by atomic mass is 16.2. The van der Waals surface area contributed by atoms with Gasteiger partial charge < -0.3 is 10.2 Å². The molecular formula is C13H24N2O. The molecular weight excluding hydrogens is 200 g/mol. The van der Waals surface area contributed by atoms with Crippen molar-refractivity contribution in [2.45, 2.75) is 45.6 Å². The first-order valence-corrected chi connectivity index (χ1v) is 6.69. The zero-order chi connectivity index (χ0) is 11.5. The molecule has 1 saturated heterocycles. The fourth-order valence-electron chi connectivity index (χ4n) is 2.46. The van der Waals surface area contributed by atoms with Gasteiger partial charge in [0.2, 0.25) is 5.91 Å². The van der Waals surface area contributed by atoms with E-state index < -0.39 is 0 Å². The molecule has 1 aliphatic carbocycles. The number of hydrogen-bond donors (Lipinski definition) is 1. The van der Waals surface area contributed by atoms with E-state index in [1.165, 1.54) is 12.8 Å². The Morgan fingerprint density at radius 1 is 1.25 bits per heavy atom. The normalized spacial score (nSPS) is 22.4. The van der Waals surface area contributed by atoms with E-state index in [1.807, 2.05) is 0 Å². The molecule has 0 spiro atoms. The van der Waals surface area contributed by atoms with E-state index in [-0.39, 0.29) is 0 Å². The third kappa shape index (κ3) is 2.97. The third-order valence-electron chi connectivity index (χ3n) is 3.75. The van der Waals surface area contributed by atoms with Crippen LogP contribution < -0.4 is 5.32 Å². The summed E-state index contributed by atoms with van der Waals surface area (Å²) in [6, 6.07) is 0.364. The van der Waals surface area contributed by atoms with Gasteiger partial charge in [0, 0.05) is 18.5 Å². The lowest BCUT2D eigenvalue weighted by Gasteiger charge is -2.33. The molecule has 2 rings (SSSR count). The maximum atomic E-state index is 12.1. The number of amides is 1. The monoisotopic (exact) mass is 224 g/mol. The average Bonchev–Trinajstić information content (AvgIpc) is 3.10. The summed E-state index contributed by atoms with van der Waals surface area (Å²) in [5.74, 6) is 1.49. The summed E-state index contributed by atoms with van der Waals surface area (Å²) in [4.78, 5) is 14.2. The summed E-state index contributed by atoms with van der Waals surface area (Å²) in [5.41, 5.74) is 0. The molecule has 0 aromatic rings. The highest BCUT2D eigenvalue weighted by molar-refractivity contribution is 5.81. The van der Waals surface area contributed by atoms with Gasteiger partial charge in [-0.3, -0.25) is 4.79 Å². The van der Waals surface area contributed by atoms with Crippen LogP contribution in [0.2, 0.25) is 0 Å². The number of hydrogen-bond acceptors (Lipinski definition) is 2. The van der Waals surface area contributed by atoms with E-state index in [9.17, 15) is 4.79 Å². The summed E-state index contributed by atoms with van der Waals surface area (Å²) in [7, 11) is 0. The molecule has 1 aliphatic heterocycles. The molecule has 1 saturated carbocycles. The van der Waals surface area contributed by atoms with E-state index >= 15 is 0 Å². The molecule has 1 N–H and O–H groups in total. The lowest BCUT2D eigenvalue weighted by molar-refractivity contribution is -0.135. The van der Waals surface area contributed by atoms with Gasteiger partial charge in [0.25, 0.3) is 0 Å². The SMILES string of the molecule is CC(C)N(CC1CCNCC1)C(=O)C1CC1. The number of carbonyl (C=O) groups is 1. The highest BCUT2D eigenvalue weighted by Gasteiger charge is 2.35. The van der Waals surface area contributed by atoms with Gasteiger partial charge in [0.05, 0.1) is 0 Å². The number of nitrogens with one attached hydrogen (secondary N) is 1. The lowest BCUT2D eigenvalue weighted by atomic mass is 9.97. The largest absolute Gasteiger partial charge is 0.340 e. The van der Waals surface area contributed by atoms with Crippen LogP contribution in [-0.4, -0.2) is 36.5 Å². The number of rotatable bonds is 4. The van der Waals surface area contributed by atoms with Gasteiger partial charge in [-0.1, -0.05) is 0 Å². The fraction of sp³-hybridized carbons (Fsp3) is 0.923. The molecule has 0 unspecified atom stereocenters. The van der Waals surface area contributed by atoms with E-state index in [1.54, 1.807) is 0 Å². The van der Waals surface area contributed by atoms with Crippen molar-refractivity contribution in [2.75, 3.05) is 19.6 Å². The van der Waals surface area contributed by atoms with Crippen LogP contribution in [0.3, 0.4) is 0 Å². The van der Waals surface area contributed by atoms with Gasteiger partial charge >= 0.3 is 0 Å². The van der Waals surface area contributed by atoms with Gasteiger partial charge in [0.1, 0.15) is 0 Å². The van der Waals surface area contributed by atoms with E-state index in [0.717, 1.165) is 32.5 Å². The molecule has 16 heavy (non-hydrogen) atoms. The summed E-state index contributed by atoms with van der Waals surface area (Å²) in [6.07, 6.45) is 4.69. The van der Waals surface area contributed by atoms with Gasteiger partial charge in [0.15, 0.2) is 0 Å². The van der Waals surface area contributed by atoms with E-state index in [4.69, 9.17) is 0 Å². The van der Waals surface area contributed by atoms with Crippen LogP contribution in [0.15, 0.2) is 0 Å². The molecule has 1 heterocycles. The van der Waals surface area contributed by atoms with E-state index in [0.29, 0.717) is 23.8 Å². The highest BCUT2D eigenvalue weighted by Crippen LogP contribution is 2.32. The minimum absolute atomic E-state index is 0.364. The predicted octanol–water partition coefficient (Wildman–Crippen LogP) is 1.63. The summed E-state index contributed by atoms with van der Waals surface area (Å²) >= 11 is 0. The maximum Gasteiger partial charge on any atom is 0.225 e. The number of nitrogens with zero attached hydrogens (tertiary/aromatic N) is 1. The molecule has 0 aromatic heterocycles.